The molecule has 0 aliphatic heterocycles. The summed E-state index contributed by atoms with van der Waals surface area (Å²) >= 11 is 3.36. The fourth-order valence-corrected chi connectivity index (χ4v) is 4.03. The molecular formula is C21H21BrN4O5S. The van der Waals surface area contributed by atoms with Crippen LogP contribution in [0, 0.1) is 0 Å². The molecule has 0 aliphatic rings. The second kappa shape index (κ2) is 10.4. The van der Waals surface area contributed by atoms with E-state index in [1.54, 1.807) is 18.2 Å². The normalized spacial score (nSPS) is 11.0. The third-order valence-electron chi connectivity index (χ3n) is 4.16. The van der Waals surface area contributed by atoms with Crippen molar-refractivity contribution in [2.45, 2.75) is 18.2 Å². The molecule has 0 spiro atoms. The molecule has 0 bridgehead atoms. The number of amides is 1. The Morgan fingerprint density at radius 3 is 2.50 bits per heavy atom. The number of carbonyl (C=O) groups excluding carboxylic acids is 1. The van der Waals surface area contributed by atoms with Crippen LogP contribution in [0.4, 0.5) is 11.5 Å². The lowest BCUT2D eigenvalue weighted by molar-refractivity contribution is 0.102. The van der Waals surface area contributed by atoms with Gasteiger partial charge < -0.3 is 14.8 Å². The number of rotatable bonds is 9. The van der Waals surface area contributed by atoms with Crippen LogP contribution in [0.5, 0.6) is 11.6 Å². The molecule has 0 atom stereocenters. The molecule has 0 unspecified atom stereocenters. The summed E-state index contributed by atoms with van der Waals surface area (Å²) in [6.45, 7) is 2.46. The van der Waals surface area contributed by atoms with Gasteiger partial charge in [-0.2, -0.15) is 0 Å². The molecule has 2 N–H and O–H groups in total. The monoisotopic (exact) mass is 520 g/mol. The maximum Gasteiger partial charge on any atom is 0.263 e. The highest BCUT2D eigenvalue weighted by Gasteiger charge is 2.19. The van der Waals surface area contributed by atoms with E-state index in [4.69, 9.17) is 9.47 Å². The number of ether oxygens (including phenoxy) is 2. The number of halogens is 1. The van der Waals surface area contributed by atoms with Gasteiger partial charge in [-0.3, -0.25) is 9.52 Å². The van der Waals surface area contributed by atoms with Gasteiger partial charge in [-0.15, -0.1) is 0 Å². The molecule has 0 aliphatic carbocycles. The Morgan fingerprint density at radius 2 is 1.81 bits per heavy atom. The van der Waals surface area contributed by atoms with E-state index in [0.29, 0.717) is 23.6 Å². The third-order valence-corrected chi connectivity index (χ3v) is 6.01. The molecule has 2 aromatic carbocycles. The topological polar surface area (TPSA) is 120 Å². The number of hydrogen-bond donors (Lipinski definition) is 2. The molecule has 11 heteroatoms. The second-order valence-corrected chi connectivity index (χ2v) is 9.09. The van der Waals surface area contributed by atoms with E-state index in [1.807, 2.05) is 6.92 Å². The summed E-state index contributed by atoms with van der Waals surface area (Å²) in [7, 11) is -2.57. The van der Waals surface area contributed by atoms with E-state index in [9.17, 15) is 13.2 Å². The predicted molar refractivity (Wildman–Crippen MR) is 124 cm³/mol. The summed E-state index contributed by atoms with van der Waals surface area (Å²) < 4.78 is 39.1. The molecule has 0 saturated carbocycles. The Labute approximate surface area is 194 Å². The van der Waals surface area contributed by atoms with Gasteiger partial charge in [0.05, 0.1) is 24.2 Å². The van der Waals surface area contributed by atoms with Gasteiger partial charge >= 0.3 is 0 Å². The van der Waals surface area contributed by atoms with Crippen molar-refractivity contribution in [3.8, 4) is 11.6 Å². The first kappa shape index (κ1) is 23.5. The number of benzene rings is 2. The molecule has 3 aromatic rings. The lowest BCUT2D eigenvalue weighted by Crippen LogP contribution is -2.16. The highest BCUT2D eigenvalue weighted by molar-refractivity contribution is 9.10. The number of sulfonamides is 1. The van der Waals surface area contributed by atoms with Crippen molar-refractivity contribution in [2.24, 2.45) is 0 Å². The SMILES string of the molecule is CCCOc1ccc(Br)cc1C(=O)Nc1ccc(S(=O)(=O)Nc2nccnc2OC)cc1. The van der Waals surface area contributed by atoms with Crippen LogP contribution in [0.15, 0.2) is 64.2 Å². The number of anilines is 2. The molecule has 32 heavy (non-hydrogen) atoms. The van der Waals surface area contributed by atoms with E-state index >= 15 is 0 Å². The molecule has 3 rings (SSSR count). The molecule has 1 heterocycles. The van der Waals surface area contributed by atoms with Gasteiger partial charge in [-0.25, -0.2) is 18.4 Å². The number of methoxy groups -OCH3 is 1. The highest BCUT2D eigenvalue weighted by atomic mass is 79.9. The zero-order valence-electron chi connectivity index (χ0n) is 17.3. The van der Waals surface area contributed by atoms with Crippen molar-refractivity contribution in [2.75, 3.05) is 23.8 Å². The smallest absolute Gasteiger partial charge is 0.263 e. The maximum atomic E-state index is 12.8. The van der Waals surface area contributed by atoms with Gasteiger partial charge in [0.15, 0.2) is 0 Å². The first-order valence-corrected chi connectivity index (χ1v) is 11.8. The van der Waals surface area contributed by atoms with Crippen molar-refractivity contribution in [3.05, 3.63) is 64.9 Å². The number of aromatic nitrogens is 2. The molecule has 0 fully saturated rings. The third kappa shape index (κ3) is 5.74. The van der Waals surface area contributed by atoms with Crippen molar-refractivity contribution in [1.82, 2.24) is 9.97 Å². The summed E-state index contributed by atoms with van der Waals surface area (Å²) in [6, 6.07) is 10.9. The zero-order valence-corrected chi connectivity index (χ0v) is 19.7. The number of hydrogen-bond acceptors (Lipinski definition) is 7. The van der Waals surface area contributed by atoms with Crippen molar-refractivity contribution in [3.63, 3.8) is 0 Å². The van der Waals surface area contributed by atoms with E-state index in [2.05, 4.69) is 35.9 Å². The van der Waals surface area contributed by atoms with Crippen LogP contribution in [0.2, 0.25) is 0 Å². The molecular weight excluding hydrogens is 500 g/mol. The number of carbonyl (C=O) groups is 1. The van der Waals surface area contributed by atoms with Crippen LogP contribution in [0.3, 0.4) is 0 Å². The van der Waals surface area contributed by atoms with Gasteiger partial charge in [0.25, 0.3) is 21.8 Å². The van der Waals surface area contributed by atoms with Gasteiger partial charge in [-0.05, 0) is 48.9 Å². The minimum atomic E-state index is -3.94. The average Bonchev–Trinajstić information content (AvgIpc) is 2.78. The molecule has 0 radical (unpaired) electrons. The Hall–Kier alpha value is -3.18. The van der Waals surface area contributed by atoms with Crippen molar-refractivity contribution >= 4 is 43.4 Å². The van der Waals surface area contributed by atoms with Crippen LogP contribution in [0.25, 0.3) is 0 Å². The molecule has 0 saturated heterocycles. The van der Waals surface area contributed by atoms with Crippen LogP contribution >= 0.6 is 15.9 Å². The molecule has 9 nitrogen and oxygen atoms in total. The number of nitrogens with one attached hydrogen (secondary N) is 2. The quantitative estimate of drug-likeness (QED) is 0.435. The highest BCUT2D eigenvalue weighted by Crippen LogP contribution is 2.26. The predicted octanol–water partition coefficient (Wildman–Crippen LogP) is 4.09. The summed E-state index contributed by atoms with van der Waals surface area (Å²) in [5.41, 5.74) is 0.786. The van der Waals surface area contributed by atoms with Gasteiger partial charge in [0, 0.05) is 22.6 Å². The Morgan fingerprint density at radius 1 is 1.09 bits per heavy atom. The Kier molecular flexibility index (Phi) is 7.65. The maximum absolute atomic E-state index is 12.8. The summed E-state index contributed by atoms with van der Waals surface area (Å²) in [6.07, 6.45) is 3.54. The zero-order chi connectivity index (χ0) is 23.1. The molecule has 1 amide bonds. The van der Waals surface area contributed by atoms with E-state index < -0.39 is 10.0 Å². The average molecular weight is 521 g/mol. The second-order valence-electron chi connectivity index (χ2n) is 6.49. The van der Waals surface area contributed by atoms with E-state index in [0.717, 1.165) is 10.9 Å². The van der Waals surface area contributed by atoms with Crippen LogP contribution in [-0.2, 0) is 10.0 Å². The van der Waals surface area contributed by atoms with Crippen molar-refractivity contribution < 1.29 is 22.7 Å². The minimum absolute atomic E-state index is 0.0161. The van der Waals surface area contributed by atoms with E-state index in [-0.39, 0.29) is 22.5 Å². The fourth-order valence-electron chi connectivity index (χ4n) is 2.66. The summed E-state index contributed by atoms with van der Waals surface area (Å²) in [5, 5.41) is 2.75. The van der Waals surface area contributed by atoms with Gasteiger partial charge in [-0.1, -0.05) is 22.9 Å². The van der Waals surface area contributed by atoms with Gasteiger partial charge in [0.2, 0.25) is 5.82 Å². The molecule has 1 aromatic heterocycles. The largest absolute Gasteiger partial charge is 0.493 e. The van der Waals surface area contributed by atoms with Crippen LogP contribution < -0.4 is 19.5 Å². The Balaban J connectivity index is 1.76. The summed E-state index contributed by atoms with van der Waals surface area (Å²) in [4.78, 5) is 20.6. The lowest BCUT2D eigenvalue weighted by Gasteiger charge is -2.13. The van der Waals surface area contributed by atoms with E-state index in [1.165, 1.54) is 43.8 Å². The van der Waals surface area contributed by atoms with Gasteiger partial charge in [0.1, 0.15) is 5.75 Å². The van der Waals surface area contributed by atoms with Crippen LogP contribution in [0.1, 0.15) is 23.7 Å². The van der Waals surface area contributed by atoms with Crippen molar-refractivity contribution in [1.29, 1.82) is 0 Å². The lowest BCUT2D eigenvalue weighted by atomic mass is 10.2. The standard InChI is InChI=1S/C21H21BrN4O5S/c1-3-12-31-18-9-4-14(22)13-17(18)20(27)25-15-5-7-16(8-6-15)32(28,29)26-19-21(30-2)24-11-10-23-19/h4-11,13H,3,12H2,1-2H3,(H,23,26)(H,25,27). The molecule has 168 valence electrons. The first-order valence-electron chi connectivity index (χ1n) is 9.55. The Bertz CT molecular complexity index is 1200. The van der Waals surface area contributed by atoms with Crippen LogP contribution in [-0.4, -0.2) is 38.0 Å². The minimum Gasteiger partial charge on any atom is -0.493 e. The first-order chi connectivity index (χ1) is 15.3. The summed E-state index contributed by atoms with van der Waals surface area (Å²) in [5.74, 6) is 0.112. The fraction of sp³-hybridized carbons (Fsp3) is 0.190. The number of nitrogens with zero attached hydrogens (tertiary/aromatic N) is 2.